The van der Waals surface area contributed by atoms with Gasteiger partial charge in [-0.1, -0.05) is 11.6 Å². The summed E-state index contributed by atoms with van der Waals surface area (Å²) in [5.41, 5.74) is -0.813. The maximum Gasteiger partial charge on any atom is 0.417 e. The predicted molar refractivity (Wildman–Crippen MR) is 72.7 cm³/mol. The second kappa shape index (κ2) is 6.33. The van der Waals surface area contributed by atoms with E-state index in [2.05, 4.69) is 10.3 Å². The first kappa shape index (κ1) is 16.6. The van der Waals surface area contributed by atoms with Gasteiger partial charge in [0.15, 0.2) is 0 Å². The fourth-order valence-corrected chi connectivity index (χ4v) is 2.31. The molecular weight excluding hydrogens is 297 g/mol. The van der Waals surface area contributed by atoms with Crippen LogP contribution >= 0.6 is 23.4 Å². The Morgan fingerprint density at radius 1 is 1.32 bits per heavy atom. The summed E-state index contributed by atoms with van der Waals surface area (Å²) in [6.45, 7) is 6.86. The van der Waals surface area contributed by atoms with Gasteiger partial charge < -0.3 is 5.32 Å². The van der Waals surface area contributed by atoms with Gasteiger partial charge >= 0.3 is 6.18 Å². The number of rotatable bonds is 4. The number of halogens is 4. The van der Waals surface area contributed by atoms with Crippen molar-refractivity contribution in [1.29, 1.82) is 0 Å². The quantitative estimate of drug-likeness (QED) is 0.665. The van der Waals surface area contributed by atoms with Gasteiger partial charge in [0, 0.05) is 24.0 Å². The fraction of sp³-hybridized carbons (Fsp3) is 0.583. The molecule has 108 valence electrons. The van der Waals surface area contributed by atoms with Crippen LogP contribution in [0.15, 0.2) is 17.3 Å². The lowest BCUT2D eigenvalue weighted by molar-refractivity contribution is -0.137. The summed E-state index contributed by atoms with van der Waals surface area (Å²) in [5, 5.41) is 3.73. The summed E-state index contributed by atoms with van der Waals surface area (Å²) in [6.07, 6.45) is -3.60. The number of nitrogens with zero attached hydrogens (tertiary/aromatic N) is 1. The SMILES string of the molecule is CC(C)(C)NCCSc1ncc(C(F)(F)F)cc1Cl. The van der Waals surface area contributed by atoms with Crippen molar-refractivity contribution >= 4 is 23.4 Å². The Balaban J connectivity index is 2.57. The molecule has 0 saturated carbocycles. The van der Waals surface area contributed by atoms with Crippen LogP contribution in [0.1, 0.15) is 26.3 Å². The highest BCUT2D eigenvalue weighted by Crippen LogP contribution is 2.33. The van der Waals surface area contributed by atoms with E-state index in [1.54, 1.807) is 0 Å². The molecule has 0 aliphatic rings. The highest BCUT2D eigenvalue weighted by Gasteiger charge is 2.31. The molecule has 0 unspecified atom stereocenters. The largest absolute Gasteiger partial charge is 0.417 e. The first-order valence-electron chi connectivity index (χ1n) is 5.70. The molecule has 0 aliphatic heterocycles. The average Bonchev–Trinajstić information content (AvgIpc) is 2.23. The summed E-state index contributed by atoms with van der Waals surface area (Å²) in [5.74, 6) is 0.690. The van der Waals surface area contributed by atoms with Crippen molar-refractivity contribution < 1.29 is 13.2 Å². The summed E-state index contributed by atoms with van der Waals surface area (Å²) < 4.78 is 37.3. The van der Waals surface area contributed by atoms with Gasteiger partial charge in [-0.3, -0.25) is 0 Å². The topological polar surface area (TPSA) is 24.9 Å². The first-order valence-corrected chi connectivity index (χ1v) is 7.06. The third kappa shape index (κ3) is 6.01. The molecule has 0 aromatic carbocycles. The maximum atomic E-state index is 12.4. The van der Waals surface area contributed by atoms with Crippen LogP contribution in [0.3, 0.4) is 0 Å². The zero-order valence-electron chi connectivity index (χ0n) is 10.9. The van der Waals surface area contributed by atoms with E-state index in [1.165, 1.54) is 11.8 Å². The predicted octanol–water partition coefficient (Wildman–Crippen LogP) is 4.23. The Morgan fingerprint density at radius 2 is 1.95 bits per heavy atom. The molecule has 1 heterocycles. The van der Waals surface area contributed by atoms with Crippen LogP contribution in [0.5, 0.6) is 0 Å². The standard InChI is InChI=1S/C12H16ClF3N2S/c1-11(2,3)18-4-5-19-10-9(13)6-8(7-17-10)12(14,15)16/h6-7,18H,4-5H2,1-3H3. The fourth-order valence-electron chi connectivity index (χ4n) is 1.26. The number of nitrogens with one attached hydrogen (secondary N) is 1. The molecular formula is C12H16ClF3N2S. The van der Waals surface area contributed by atoms with E-state index in [-0.39, 0.29) is 10.6 Å². The minimum Gasteiger partial charge on any atom is -0.311 e. The van der Waals surface area contributed by atoms with Gasteiger partial charge in [0.25, 0.3) is 0 Å². The average molecular weight is 313 g/mol. The summed E-state index contributed by atoms with van der Waals surface area (Å²) >= 11 is 7.13. The highest BCUT2D eigenvalue weighted by molar-refractivity contribution is 7.99. The Morgan fingerprint density at radius 3 is 2.42 bits per heavy atom. The lowest BCUT2D eigenvalue weighted by atomic mass is 10.1. The second-order valence-electron chi connectivity index (χ2n) is 5.03. The molecule has 1 aromatic heterocycles. The molecule has 0 atom stereocenters. The van der Waals surface area contributed by atoms with Crippen molar-refractivity contribution in [3.63, 3.8) is 0 Å². The maximum absolute atomic E-state index is 12.4. The lowest BCUT2D eigenvalue weighted by Gasteiger charge is -2.20. The molecule has 0 saturated heterocycles. The molecule has 0 spiro atoms. The van der Waals surface area contributed by atoms with Crippen molar-refractivity contribution in [2.75, 3.05) is 12.3 Å². The van der Waals surface area contributed by atoms with Crippen molar-refractivity contribution in [3.05, 3.63) is 22.8 Å². The Kier molecular flexibility index (Phi) is 5.53. The zero-order chi connectivity index (χ0) is 14.7. The normalized spacial score (nSPS) is 12.8. The summed E-state index contributed by atoms with van der Waals surface area (Å²) in [6, 6.07) is 0.911. The molecule has 0 radical (unpaired) electrons. The van der Waals surface area contributed by atoms with Crippen molar-refractivity contribution in [1.82, 2.24) is 10.3 Å². The number of pyridine rings is 1. The van der Waals surface area contributed by atoms with Crippen LogP contribution in [0.25, 0.3) is 0 Å². The van der Waals surface area contributed by atoms with E-state index in [9.17, 15) is 13.2 Å². The van der Waals surface area contributed by atoms with Gasteiger partial charge in [-0.05, 0) is 26.8 Å². The molecule has 0 fully saturated rings. The zero-order valence-corrected chi connectivity index (χ0v) is 12.5. The number of alkyl halides is 3. The second-order valence-corrected chi connectivity index (χ2v) is 6.52. The van der Waals surface area contributed by atoms with Crippen LogP contribution in [-0.2, 0) is 6.18 Å². The molecule has 1 N–H and O–H groups in total. The van der Waals surface area contributed by atoms with Crippen LogP contribution in [0.2, 0.25) is 5.02 Å². The Bertz CT molecular complexity index is 430. The molecule has 19 heavy (non-hydrogen) atoms. The number of hydrogen-bond acceptors (Lipinski definition) is 3. The van der Waals surface area contributed by atoms with Crippen LogP contribution in [0, 0.1) is 0 Å². The molecule has 2 nitrogen and oxygen atoms in total. The third-order valence-corrected chi connectivity index (χ3v) is 3.54. The third-order valence-electron chi connectivity index (χ3n) is 2.13. The van der Waals surface area contributed by atoms with Crippen molar-refractivity contribution in [2.45, 2.75) is 37.5 Å². The van der Waals surface area contributed by atoms with Crippen molar-refractivity contribution in [3.8, 4) is 0 Å². The molecule has 1 rings (SSSR count). The summed E-state index contributed by atoms with van der Waals surface area (Å²) in [7, 11) is 0. The van der Waals surface area contributed by atoms with Gasteiger partial charge in [0.1, 0.15) is 5.03 Å². The monoisotopic (exact) mass is 312 g/mol. The van der Waals surface area contributed by atoms with Gasteiger partial charge in [-0.25, -0.2) is 4.98 Å². The van der Waals surface area contributed by atoms with E-state index in [0.717, 1.165) is 18.8 Å². The van der Waals surface area contributed by atoms with Crippen LogP contribution in [-0.4, -0.2) is 22.8 Å². The summed E-state index contributed by atoms with van der Waals surface area (Å²) in [4.78, 5) is 3.76. The van der Waals surface area contributed by atoms with E-state index in [4.69, 9.17) is 11.6 Å². The van der Waals surface area contributed by atoms with Gasteiger partial charge in [-0.2, -0.15) is 13.2 Å². The molecule has 0 aliphatic carbocycles. The van der Waals surface area contributed by atoms with E-state index < -0.39 is 11.7 Å². The first-order chi connectivity index (χ1) is 8.59. The molecule has 1 aromatic rings. The van der Waals surface area contributed by atoms with E-state index in [1.807, 2.05) is 20.8 Å². The van der Waals surface area contributed by atoms with Crippen molar-refractivity contribution in [2.24, 2.45) is 0 Å². The minimum absolute atomic E-state index is 0.0118. The van der Waals surface area contributed by atoms with Crippen LogP contribution < -0.4 is 5.32 Å². The number of hydrogen-bond donors (Lipinski definition) is 1. The lowest BCUT2D eigenvalue weighted by Crippen LogP contribution is -2.37. The van der Waals surface area contributed by atoms with Gasteiger partial charge in [-0.15, -0.1) is 11.8 Å². The Labute approximate surface area is 120 Å². The Hall–Kier alpha value is -0.460. The molecule has 0 amide bonds. The molecule has 0 bridgehead atoms. The number of aromatic nitrogens is 1. The van der Waals surface area contributed by atoms with E-state index in [0.29, 0.717) is 10.8 Å². The van der Waals surface area contributed by atoms with Gasteiger partial charge in [0.2, 0.25) is 0 Å². The highest BCUT2D eigenvalue weighted by atomic mass is 35.5. The molecule has 7 heteroatoms. The van der Waals surface area contributed by atoms with E-state index >= 15 is 0 Å². The van der Waals surface area contributed by atoms with Crippen LogP contribution in [0.4, 0.5) is 13.2 Å². The smallest absolute Gasteiger partial charge is 0.311 e. The minimum atomic E-state index is -4.41. The van der Waals surface area contributed by atoms with Gasteiger partial charge in [0.05, 0.1) is 10.6 Å². The number of thioether (sulfide) groups is 1.